The van der Waals surface area contributed by atoms with E-state index < -0.39 is 0 Å². The van der Waals surface area contributed by atoms with E-state index in [1.165, 1.54) is 11.2 Å². The molecule has 0 saturated heterocycles. The number of nitrogens with zero attached hydrogens (tertiary/aromatic N) is 2. The number of hydrogen-bond acceptors (Lipinski definition) is 6. The number of nitrogens with two attached hydrogens (primary N) is 1. The minimum absolute atomic E-state index is 0.687. The minimum atomic E-state index is 0.687. The van der Waals surface area contributed by atoms with E-state index in [1.807, 2.05) is 0 Å². The van der Waals surface area contributed by atoms with Crippen molar-refractivity contribution in [2.75, 3.05) is 10.7 Å². The Hall–Kier alpha value is -1.18. The number of rotatable bonds is 6. The van der Waals surface area contributed by atoms with Gasteiger partial charge >= 0.3 is 0 Å². The number of nitrogen functional groups attached to an aromatic ring is 1. The smallest absolute Gasteiger partial charge is 0.148 e. The summed E-state index contributed by atoms with van der Waals surface area (Å²) in [7, 11) is 0. The van der Waals surface area contributed by atoms with Crippen LogP contribution in [-0.2, 0) is 13.0 Å². The Bertz CT molecular complexity index is 543. The molecule has 0 spiro atoms. The second-order valence-electron chi connectivity index (χ2n) is 4.03. The maximum Gasteiger partial charge on any atom is 0.148 e. The number of thiophene rings is 1. The van der Waals surface area contributed by atoms with Crippen LogP contribution in [0.2, 0.25) is 0 Å². The predicted octanol–water partition coefficient (Wildman–Crippen LogP) is 3.15. The molecule has 4 N–H and O–H groups in total. The van der Waals surface area contributed by atoms with Gasteiger partial charge in [0.15, 0.2) is 0 Å². The van der Waals surface area contributed by atoms with Gasteiger partial charge in [-0.25, -0.2) is 15.8 Å². The van der Waals surface area contributed by atoms with Crippen molar-refractivity contribution in [2.45, 2.75) is 26.3 Å². The number of nitrogens with one attached hydrogen (secondary N) is 2. The summed E-state index contributed by atoms with van der Waals surface area (Å²) in [5, 5.41) is 5.41. The topological polar surface area (TPSA) is 75.9 Å². The van der Waals surface area contributed by atoms with Crippen LogP contribution in [0.3, 0.4) is 0 Å². The fourth-order valence-electron chi connectivity index (χ4n) is 1.79. The van der Waals surface area contributed by atoms with Crippen molar-refractivity contribution in [3.63, 3.8) is 0 Å². The molecule has 2 aromatic rings. The number of aromatic nitrogens is 2. The molecule has 0 amide bonds. The second kappa shape index (κ2) is 6.83. The lowest BCUT2D eigenvalue weighted by atomic mass is 10.1. The molecule has 0 aliphatic heterocycles. The van der Waals surface area contributed by atoms with Crippen LogP contribution >= 0.6 is 27.3 Å². The number of hydrazine groups is 1. The third-order valence-corrected chi connectivity index (χ3v) is 4.33. The van der Waals surface area contributed by atoms with Crippen molar-refractivity contribution in [1.29, 1.82) is 0 Å². The molecule has 0 bridgehead atoms. The van der Waals surface area contributed by atoms with Gasteiger partial charge in [-0.1, -0.05) is 13.3 Å². The van der Waals surface area contributed by atoms with Gasteiger partial charge in [-0.2, -0.15) is 0 Å². The summed E-state index contributed by atoms with van der Waals surface area (Å²) in [6.07, 6.45) is 3.42. The highest BCUT2D eigenvalue weighted by Crippen LogP contribution is 2.24. The molecule has 102 valence electrons. The summed E-state index contributed by atoms with van der Waals surface area (Å²) in [6.45, 7) is 2.86. The van der Waals surface area contributed by atoms with Crippen molar-refractivity contribution >= 4 is 38.9 Å². The van der Waals surface area contributed by atoms with Crippen molar-refractivity contribution < 1.29 is 0 Å². The van der Waals surface area contributed by atoms with E-state index in [1.54, 1.807) is 11.3 Å². The molecule has 0 atom stereocenters. The number of anilines is 2. The highest BCUT2D eigenvalue weighted by atomic mass is 79.9. The van der Waals surface area contributed by atoms with E-state index in [0.717, 1.165) is 35.2 Å². The molecule has 5 nitrogen and oxygen atoms in total. The van der Waals surface area contributed by atoms with Crippen LogP contribution in [0, 0.1) is 0 Å². The molecule has 0 fully saturated rings. The van der Waals surface area contributed by atoms with Crippen LogP contribution in [0.4, 0.5) is 11.6 Å². The van der Waals surface area contributed by atoms with Crippen LogP contribution in [0.15, 0.2) is 22.2 Å². The van der Waals surface area contributed by atoms with Crippen molar-refractivity contribution in [3.8, 4) is 0 Å². The van der Waals surface area contributed by atoms with E-state index in [9.17, 15) is 0 Å². The zero-order valence-electron chi connectivity index (χ0n) is 10.6. The molecule has 0 aliphatic rings. The summed E-state index contributed by atoms with van der Waals surface area (Å²) in [4.78, 5) is 9.69. The first kappa shape index (κ1) is 14.2. The van der Waals surface area contributed by atoms with E-state index in [4.69, 9.17) is 5.84 Å². The van der Waals surface area contributed by atoms with Crippen LogP contribution in [0.1, 0.15) is 23.8 Å². The Morgan fingerprint density at radius 2 is 2.16 bits per heavy atom. The van der Waals surface area contributed by atoms with Gasteiger partial charge in [0, 0.05) is 20.3 Å². The molecule has 0 unspecified atom stereocenters. The maximum atomic E-state index is 5.49. The van der Waals surface area contributed by atoms with Crippen LogP contribution in [-0.4, -0.2) is 9.97 Å². The molecule has 2 heterocycles. The van der Waals surface area contributed by atoms with Gasteiger partial charge in [0.05, 0.1) is 6.54 Å². The SMILES string of the molecule is CCCc1c(NN)ncnc1NCc1cc(Br)cs1. The summed E-state index contributed by atoms with van der Waals surface area (Å²) >= 11 is 5.16. The van der Waals surface area contributed by atoms with Crippen molar-refractivity contribution in [3.05, 3.63) is 32.7 Å². The fraction of sp³-hybridized carbons (Fsp3) is 0.333. The normalized spacial score (nSPS) is 10.5. The van der Waals surface area contributed by atoms with E-state index in [-0.39, 0.29) is 0 Å². The minimum Gasteiger partial charge on any atom is -0.365 e. The van der Waals surface area contributed by atoms with Crippen LogP contribution < -0.4 is 16.6 Å². The number of halogens is 1. The zero-order valence-corrected chi connectivity index (χ0v) is 13.0. The van der Waals surface area contributed by atoms with Gasteiger partial charge in [-0.05, 0) is 28.4 Å². The van der Waals surface area contributed by atoms with E-state index in [2.05, 4.69) is 55.0 Å². The lowest BCUT2D eigenvalue weighted by Gasteiger charge is -2.12. The van der Waals surface area contributed by atoms with Gasteiger partial charge < -0.3 is 10.7 Å². The fourth-order valence-corrected chi connectivity index (χ4v) is 3.18. The Balaban J connectivity index is 2.14. The third-order valence-electron chi connectivity index (χ3n) is 2.63. The lowest BCUT2D eigenvalue weighted by molar-refractivity contribution is 0.897. The molecule has 0 aliphatic carbocycles. The Morgan fingerprint density at radius 3 is 2.79 bits per heavy atom. The zero-order chi connectivity index (χ0) is 13.7. The lowest BCUT2D eigenvalue weighted by Crippen LogP contribution is -2.14. The van der Waals surface area contributed by atoms with Gasteiger partial charge in [0.1, 0.15) is 18.0 Å². The molecule has 19 heavy (non-hydrogen) atoms. The molecule has 0 saturated carbocycles. The first-order valence-electron chi connectivity index (χ1n) is 6.01. The van der Waals surface area contributed by atoms with Gasteiger partial charge in [-0.3, -0.25) is 0 Å². The third kappa shape index (κ3) is 3.65. The molecule has 2 aromatic heterocycles. The Morgan fingerprint density at radius 1 is 1.37 bits per heavy atom. The Labute approximate surface area is 124 Å². The maximum absolute atomic E-state index is 5.49. The van der Waals surface area contributed by atoms with Crippen molar-refractivity contribution in [2.24, 2.45) is 5.84 Å². The van der Waals surface area contributed by atoms with Crippen LogP contribution in [0.5, 0.6) is 0 Å². The van der Waals surface area contributed by atoms with Crippen LogP contribution in [0.25, 0.3) is 0 Å². The highest BCUT2D eigenvalue weighted by Gasteiger charge is 2.10. The first-order chi connectivity index (χ1) is 9.24. The molecule has 0 radical (unpaired) electrons. The van der Waals surface area contributed by atoms with Gasteiger partial charge in [0.25, 0.3) is 0 Å². The monoisotopic (exact) mass is 341 g/mol. The highest BCUT2D eigenvalue weighted by molar-refractivity contribution is 9.10. The largest absolute Gasteiger partial charge is 0.365 e. The summed E-state index contributed by atoms with van der Waals surface area (Å²) < 4.78 is 1.11. The standard InChI is InChI=1S/C12H16BrN5S/c1-2-3-10-11(16-7-17-12(10)18-14)15-5-9-4-8(13)6-19-9/h4,6-7H,2-3,5,14H2,1H3,(H2,15,16,17,18). The van der Waals surface area contributed by atoms with E-state index >= 15 is 0 Å². The van der Waals surface area contributed by atoms with Crippen molar-refractivity contribution in [1.82, 2.24) is 9.97 Å². The molecular weight excluding hydrogens is 326 g/mol. The molecule has 7 heteroatoms. The Kier molecular flexibility index (Phi) is 5.12. The van der Waals surface area contributed by atoms with Gasteiger partial charge in [-0.15, -0.1) is 11.3 Å². The quantitative estimate of drug-likeness (QED) is 0.555. The second-order valence-corrected chi connectivity index (χ2v) is 5.94. The molecular formula is C12H16BrN5S. The number of hydrogen-bond donors (Lipinski definition) is 3. The van der Waals surface area contributed by atoms with Gasteiger partial charge in [0.2, 0.25) is 0 Å². The molecule has 0 aromatic carbocycles. The van der Waals surface area contributed by atoms with E-state index in [0.29, 0.717) is 5.82 Å². The first-order valence-corrected chi connectivity index (χ1v) is 7.69. The predicted molar refractivity (Wildman–Crippen MR) is 83.2 cm³/mol. The summed E-state index contributed by atoms with van der Waals surface area (Å²) in [5.41, 5.74) is 3.66. The molecule has 2 rings (SSSR count). The average Bonchev–Trinajstić information content (AvgIpc) is 2.83. The average molecular weight is 342 g/mol. The summed E-state index contributed by atoms with van der Waals surface area (Å²) in [5.74, 6) is 7.02. The summed E-state index contributed by atoms with van der Waals surface area (Å²) in [6, 6.07) is 2.10.